The maximum absolute atomic E-state index is 12.6. The van der Waals surface area contributed by atoms with Crippen molar-refractivity contribution in [2.45, 2.75) is 25.8 Å². The summed E-state index contributed by atoms with van der Waals surface area (Å²) in [6, 6.07) is 7.32. The van der Waals surface area contributed by atoms with E-state index in [1.54, 1.807) is 27.2 Å². The van der Waals surface area contributed by atoms with E-state index in [-0.39, 0.29) is 30.4 Å². The number of rotatable bonds is 2. The van der Waals surface area contributed by atoms with Crippen LogP contribution in [0.15, 0.2) is 50.5 Å². The summed E-state index contributed by atoms with van der Waals surface area (Å²) in [5, 5.41) is 0. The molecule has 3 aliphatic rings. The SMILES string of the molecule is COc1ccc(C2=NC3=C4C=NC(C)(C)C(=O)C4CC(=O)C3=N2)cc1.Cl. The van der Waals surface area contributed by atoms with Crippen molar-refractivity contribution in [1.29, 1.82) is 0 Å². The van der Waals surface area contributed by atoms with Gasteiger partial charge in [-0.25, -0.2) is 9.98 Å². The molecule has 0 spiro atoms. The van der Waals surface area contributed by atoms with Gasteiger partial charge in [0.2, 0.25) is 0 Å². The lowest BCUT2D eigenvalue weighted by Gasteiger charge is -2.32. The highest BCUT2D eigenvalue weighted by molar-refractivity contribution is 6.51. The molecule has 0 amide bonds. The Morgan fingerprint density at radius 3 is 2.46 bits per heavy atom. The molecule has 0 saturated carbocycles. The molecule has 0 N–H and O–H groups in total. The number of fused-ring (bicyclic) bond motifs is 2. The minimum atomic E-state index is -0.801. The van der Waals surface area contributed by atoms with E-state index in [4.69, 9.17) is 4.74 Å². The molecule has 4 rings (SSSR count). The van der Waals surface area contributed by atoms with Crippen molar-refractivity contribution in [3.63, 3.8) is 0 Å². The first-order valence-electron chi connectivity index (χ1n) is 8.10. The van der Waals surface area contributed by atoms with Crippen molar-refractivity contribution in [1.82, 2.24) is 0 Å². The van der Waals surface area contributed by atoms with E-state index < -0.39 is 11.5 Å². The zero-order valence-corrected chi connectivity index (χ0v) is 15.5. The average Bonchev–Trinajstić information content (AvgIpc) is 3.05. The molecule has 6 nitrogen and oxygen atoms in total. The predicted octanol–water partition coefficient (Wildman–Crippen LogP) is 2.59. The number of carbonyl (C=O) groups excluding carboxylic acids is 2. The summed E-state index contributed by atoms with van der Waals surface area (Å²) in [7, 11) is 1.60. The van der Waals surface area contributed by atoms with Gasteiger partial charge in [0.15, 0.2) is 17.4 Å². The number of nitrogens with zero attached hydrogens (tertiary/aromatic N) is 3. The molecule has 2 heterocycles. The van der Waals surface area contributed by atoms with Crippen LogP contribution in [0.3, 0.4) is 0 Å². The van der Waals surface area contributed by atoms with Crippen molar-refractivity contribution >= 4 is 41.7 Å². The largest absolute Gasteiger partial charge is 0.497 e. The molecule has 0 aromatic heterocycles. The van der Waals surface area contributed by atoms with Gasteiger partial charge >= 0.3 is 0 Å². The highest BCUT2D eigenvalue weighted by Crippen LogP contribution is 2.36. The maximum Gasteiger partial charge on any atom is 0.184 e. The number of ether oxygens (including phenoxy) is 1. The molecule has 0 radical (unpaired) electrons. The molecule has 1 aliphatic carbocycles. The van der Waals surface area contributed by atoms with Crippen LogP contribution in [0.25, 0.3) is 0 Å². The van der Waals surface area contributed by atoms with E-state index in [1.165, 1.54) is 0 Å². The molecule has 2 aliphatic heterocycles. The van der Waals surface area contributed by atoms with Gasteiger partial charge < -0.3 is 4.74 Å². The van der Waals surface area contributed by atoms with Crippen LogP contribution in [0.1, 0.15) is 25.8 Å². The number of halogens is 1. The van der Waals surface area contributed by atoms with Crippen LogP contribution in [0, 0.1) is 5.92 Å². The van der Waals surface area contributed by atoms with Gasteiger partial charge in [0.05, 0.1) is 13.0 Å². The summed E-state index contributed by atoms with van der Waals surface area (Å²) in [6.45, 7) is 3.53. The molecule has 0 saturated heterocycles. The van der Waals surface area contributed by atoms with Crippen molar-refractivity contribution in [3.8, 4) is 5.75 Å². The second kappa shape index (κ2) is 6.29. The van der Waals surface area contributed by atoms with Crippen molar-refractivity contribution in [3.05, 3.63) is 41.1 Å². The minimum absolute atomic E-state index is 0. The second-order valence-electron chi connectivity index (χ2n) is 6.79. The van der Waals surface area contributed by atoms with E-state index in [0.29, 0.717) is 22.8 Å². The van der Waals surface area contributed by atoms with Gasteiger partial charge in [-0.3, -0.25) is 14.6 Å². The standard InChI is InChI=1S/C19H17N3O3.ClH/c1-19(2)17(24)12-8-14(23)16-15(13(12)9-20-19)21-18(22-16)10-4-6-11(25-3)7-5-10;/h4-7,9,12H,8H2,1-3H3;1H. The van der Waals surface area contributed by atoms with Gasteiger partial charge in [-0.2, -0.15) is 0 Å². The third kappa shape index (κ3) is 2.70. The van der Waals surface area contributed by atoms with Crippen molar-refractivity contribution in [2.24, 2.45) is 20.9 Å². The summed E-state index contributed by atoms with van der Waals surface area (Å²) in [4.78, 5) is 38.4. The predicted molar refractivity (Wildman–Crippen MR) is 102 cm³/mol. The van der Waals surface area contributed by atoms with E-state index >= 15 is 0 Å². The minimum Gasteiger partial charge on any atom is -0.497 e. The van der Waals surface area contributed by atoms with Crippen LogP contribution in [0.5, 0.6) is 5.75 Å². The normalized spacial score (nSPS) is 23.0. The molecule has 7 heteroatoms. The molecular weight excluding hydrogens is 354 g/mol. The first-order valence-corrected chi connectivity index (χ1v) is 8.10. The van der Waals surface area contributed by atoms with E-state index in [9.17, 15) is 9.59 Å². The number of carbonyl (C=O) groups is 2. The molecule has 0 fully saturated rings. The van der Waals surface area contributed by atoms with Gasteiger partial charge in [0.1, 0.15) is 22.7 Å². The molecule has 1 aromatic rings. The Balaban J connectivity index is 0.00000196. The molecular formula is C19H18ClN3O3. The Hall–Kier alpha value is -2.60. The van der Waals surface area contributed by atoms with Crippen molar-refractivity contribution in [2.75, 3.05) is 7.11 Å². The highest BCUT2D eigenvalue weighted by Gasteiger charge is 2.45. The number of benzene rings is 1. The zero-order valence-electron chi connectivity index (χ0n) is 14.6. The van der Waals surface area contributed by atoms with Gasteiger partial charge in [-0.15, -0.1) is 12.4 Å². The Labute approximate surface area is 157 Å². The van der Waals surface area contributed by atoms with Crippen LogP contribution in [0.4, 0.5) is 0 Å². The lowest BCUT2D eigenvalue weighted by atomic mass is 9.74. The Bertz CT molecular complexity index is 924. The van der Waals surface area contributed by atoms with Crippen LogP contribution in [-0.2, 0) is 9.59 Å². The monoisotopic (exact) mass is 371 g/mol. The first-order chi connectivity index (χ1) is 11.9. The number of allylic oxidation sites excluding steroid dienone is 2. The molecule has 0 bridgehead atoms. The van der Waals surface area contributed by atoms with Crippen LogP contribution in [0.2, 0.25) is 0 Å². The number of methoxy groups -OCH3 is 1. The lowest BCUT2D eigenvalue weighted by molar-refractivity contribution is -0.128. The fourth-order valence-electron chi connectivity index (χ4n) is 3.27. The lowest BCUT2D eigenvalue weighted by Crippen LogP contribution is -2.44. The number of hydrogen-bond acceptors (Lipinski definition) is 6. The fourth-order valence-corrected chi connectivity index (χ4v) is 3.27. The summed E-state index contributed by atoms with van der Waals surface area (Å²) >= 11 is 0. The van der Waals surface area contributed by atoms with E-state index in [1.807, 2.05) is 24.3 Å². The molecule has 1 unspecified atom stereocenters. The number of amidine groups is 1. The van der Waals surface area contributed by atoms with E-state index in [0.717, 1.165) is 11.3 Å². The molecule has 134 valence electrons. The highest BCUT2D eigenvalue weighted by atomic mass is 35.5. The number of hydrogen-bond donors (Lipinski definition) is 0. The van der Waals surface area contributed by atoms with Crippen molar-refractivity contribution < 1.29 is 14.3 Å². The smallest absolute Gasteiger partial charge is 0.184 e. The summed E-state index contributed by atoms with van der Waals surface area (Å²) in [5.41, 5.74) is 1.51. The topological polar surface area (TPSA) is 80.5 Å². The molecule has 1 aromatic carbocycles. The van der Waals surface area contributed by atoms with Gasteiger partial charge in [0, 0.05) is 23.8 Å². The maximum atomic E-state index is 12.6. The summed E-state index contributed by atoms with van der Waals surface area (Å²) in [6.07, 6.45) is 1.82. The van der Waals surface area contributed by atoms with Crippen LogP contribution >= 0.6 is 12.4 Å². The quantitative estimate of drug-likeness (QED) is 0.801. The Morgan fingerprint density at radius 1 is 1.12 bits per heavy atom. The average molecular weight is 372 g/mol. The first kappa shape index (κ1) is 18.2. The summed E-state index contributed by atoms with van der Waals surface area (Å²) < 4.78 is 5.15. The van der Waals surface area contributed by atoms with Crippen LogP contribution < -0.4 is 4.74 Å². The van der Waals surface area contributed by atoms with E-state index in [2.05, 4.69) is 15.0 Å². The molecule has 26 heavy (non-hydrogen) atoms. The van der Waals surface area contributed by atoms with Gasteiger partial charge in [-0.1, -0.05) is 0 Å². The van der Waals surface area contributed by atoms with Gasteiger partial charge in [0.25, 0.3) is 0 Å². The number of aliphatic imine (C=N–C) groups is 3. The number of ketones is 2. The van der Waals surface area contributed by atoms with Crippen LogP contribution in [-0.4, -0.2) is 42.0 Å². The van der Waals surface area contributed by atoms with Gasteiger partial charge in [-0.05, 0) is 38.1 Å². The summed E-state index contributed by atoms with van der Waals surface area (Å²) in [5.74, 6) is 0.541. The second-order valence-corrected chi connectivity index (χ2v) is 6.79. The zero-order chi connectivity index (χ0) is 17.8. The third-order valence-electron chi connectivity index (χ3n) is 4.76. The molecule has 1 atom stereocenters. The Morgan fingerprint density at radius 2 is 1.81 bits per heavy atom. The fraction of sp³-hybridized carbons (Fsp3) is 0.316. The third-order valence-corrected chi connectivity index (χ3v) is 4.76. The number of Topliss-reactive ketones (excluding diaryl/α,β-unsaturated/α-hetero) is 2. The Kier molecular flexibility index (Phi) is 4.40.